The summed E-state index contributed by atoms with van der Waals surface area (Å²) in [6.07, 6.45) is 3.50. The molecule has 4 nitrogen and oxygen atoms in total. The first-order chi connectivity index (χ1) is 8.58. The zero-order chi connectivity index (χ0) is 13.1. The molecule has 1 N–H and O–H groups in total. The molecule has 1 aliphatic carbocycles. The second kappa shape index (κ2) is 5.80. The molecule has 1 amide bonds. The van der Waals surface area contributed by atoms with Crippen molar-refractivity contribution in [2.45, 2.75) is 51.8 Å². The van der Waals surface area contributed by atoms with Gasteiger partial charge >= 0.3 is 0 Å². The van der Waals surface area contributed by atoms with Crippen molar-refractivity contribution in [3.8, 4) is 0 Å². The summed E-state index contributed by atoms with van der Waals surface area (Å²) in [6, 6.07) is 0.309. The van der Waals surface area contributed by atoms with E-state index in [2.05, 4.69) is 4.98 Å². The van der Waals surface area contributed by atoms with E-state index in [1.807, 2.05) is 19.2 Å². The molecule has 1 fully saturated rings. The van der Waals surface area contributed by atoms with Crippen LogP contribution in [-0.2, 0) is 11.3 Å². The largest absolute Gasteiger partial charge is 0.383 e. The summed E-state index contributed by atoms with van der Waals surface area (Å²) in [5.41, 5.74) is 0. The van der Waals surface area contributed by atoms with E-state index in [0.717, 1.165) is 17.8 Å². The van der Waals surface area contributed by atoms with E-state index in [4.69, 9.17) is 0 Å². The number of amides is 1. The van der Waals surface area contributed by atoms with Gasteiger partial charge in [0.25, 0.3) is 5.91 Å². The van der Waals surface area contributed by atoms with Crippen LogP contribution in [0.5, 0.6) is 0 Å². The van der Waals surface area contributed by atoms with Crippen molar-refractivity contribution in [1.29, 1.82) is 0 Å². The standard InChI is InChI=1S/C13H20N2O2S/c1-9(2)7-11(16)13(17)15(10-3-4-10)8-12-14-5-6-18-12/h5-6,9-11,16H,3-4,7-8H2,1-2H3/t11-/m1/s1. The Balaban J connectivity index is 1.98. The molecule has 18 heavy (non-hydrogen) atoms. The Labute approximate surface area is 112 Å². The summed E-state index contributed by atoms with van der Waals surface area (Å²) >= 11 is 1.55. The van der Waals surface area contributed by atoms with E-state index in [0.29, 0.717) is 24.9 Å². The number of hydrogen-bond donors (Lipinski definition) is 1. The van der Waals surface area contributed by atoms with Gasteiger partial charge in [-0.1, -0.05) is 13.8 Å². The van der Waals surface area contributed by atoms with Crippen LogP contribution in [-0.4, -0.2) is 33.0 Å². The molecule has 2 rings (SSSR count). The predicted octanol–water partition coefficient (Wildman–Crippen LogP) is 2.04. The van der Waals surface area contributed by atoms with Crippen LogP contribution in [0, 0.1) is 5.92 Å². The van der Waals surface area contributed by atoms with Crippen molar-refractivity contribution >= 4 is 17.2 Å². The molecule has 0 aliphatic heterocycles. The van der Waals surface area contributed by atoms with Gasteiger partial charge in [0.15, 0.2) is 0 Å². The number of aromatic nitrogens is 1. The third-order valence-electron chi connectivity index (χ3n) is 3.04. The highest BCUT2D eigenvalue weighted by Crippen LogP contribution is 2.29. The number of thiazole rings is 1. The molecule has 1 heterocycles. The number of carbonyl (C=O) groups excluding carboxylic acids is 1. The monoisotopic (exact) mass is 268 g/mol. The summed E-state index contributed by atoms with van der Waals surface area (Å²) in [4.78, 5) is 18.2. The van der Waals surface area contributed by atoms with Gasteiger partial charge in [-0.3, -0.25) is 4.79 Å². The molecule has 0 radical (unpaired) electrons. The Morgan fingerprint density at radius 2 is 2.33 bits per heavy atom. The lowest BCUT2D eigenvalue weighted by Gasteiger charge is -2.24. The average Bonchev–Trinajstić information content (AvgIpc) is 3.02. The molecule has 1 saturated carbocycles. The highest BCUT2D eigenvalue weighted by Gasteiger charge is 2.35. The van der Waals surface area contributed by atoms with Crippen LogP contribution in [0.2, 0.25) is 0 Å². The Bertz CT molecular complexity index is 388. The molecule has 1 aromatic rings. The summed E-state index contributed by atoms with van der Waals surface area (Å²) in [6.45, 7) is 4.56. The number of aliphatic hydroxyl groups is 1. The van der Waals surface area contributed by atoms with E-state index >= 15 is 0 Å². The Hall–Kier alpha value is -0.940. The normalized spacial score (nSPS) is 16.9. The van der Waals surface area contributed by atoms with Gasteiger partial charge in [0.1, 0.15) is 11.1 Å². The lowest BCUT2D eigenvalue weighted by molar-refractivity contribution is -0.142. The SMILES string of the molecule is CC(C)C[C@@H](O)C(=O)N(Cc1nccs1)C1CC1. The maximum absolute atomic E-state index is 12.2. The fourth-order valence-corrected chi connectivity index (χ4v) is 2.60. The van der Waals surface area contributed by atoms with Crippen LogP contribution in [0.25, 0.3) is 0 Å². The lowest BCUT2D eigenvalue weighted by Crippen LogP contribution is -2.40. The highest BCUT2D eigenvalue weighted by atomic mass is 32.1. The summed E-state index contributed by atoms with van der Waals surface area (Å²) in [7, 11) is 0. The van der Waals surface area contributed by atoms with Crippen molar-refractivity contribution in [1.82, 2.24) is 9.88 Å². The van der Waals surface area contributed by atoms with E-state index in [9.17, 15) is 9.90 Å². The minimum Gasteiger partial charge on any atom is -0.383 e. The van der Waals surface area contributed by atoms with Gasteiger partial charge in [0, 0.05) is 17.6 Å². The van der Waals surface area contributed by atoms with Gasteiger partial charge in [-0.05, 0) is 25.2 Å². The maximum atomic E-state index is 12.2. The molecular formula is C13H20N2O2S. The van der Waals surface area contributed by atoms with Crippen molar-refractivity contribution in [2.75, 3.05) is 0 Å². The number of aliphatic hydroxyl groups excluding tert-OH is 1. The molecule has 1 aromatic heterocycles. The molecule has 0 bridgehead atoms. The van der Waals surface area contributed by atoms with Crippen molar-refractivity contribution in [3.63, 3.8) is 0 Å². The molecule has 0 spiro atoms. The van der Waals surface area contributed by atoms with Gasteiger partial charge in [0.2, 0.25) is 0 Å². The summed E-state index contributed by atoms with van der Waals surface area (Å²) in [5.74, 6) is 0.186. The Kier molecular flexibility index (Phi) is 4.35. The molecule has 0 saturated heterocycles. The third kappa shape index (κ3) is 3.53. The van der Waals surface area contributed by atoms with Crippen LogP contribution in [0.1, 0.15) is 38.1 Å². The molecular weight excluding hydrogens is 248 g/mol. The second-order valence-electron chi connectivity index (χ2n) is 5.27. The zero-order valence-corrected chi connectivity index (χ0v) is 11.7. The lowest BCUT2D eigenvalue weighted by atomic mass is 10.1. The average molecular weight is 268 g/mol. The number of nitrogens with zero attached hydrogens (tertiary/aromatic N) is 2. The first-order valence-corrected chi connectivity index (χ1v) is 7.32. The fraction of sp³-hybridized carbons (Fsp3) is 0.692. The molecule has 1 aliphatic rings. The van der Waals surface area contributed by atoms with Crippen molar-refractivity contribution in [2.24, 2.45) is 5.92 Å². The second-order valence-corrected chi connectivity index (χ2v) is 6.25. The molecule has 0 aromatic carbocycles. The Morgan fingerprint density at radius 1 is 1.61 bits per heavy atom. The Morgan fingerprint density at radius 3 is 2.83 bits per heavy atom. The first kappa shape index (κ1) is 13.5. The summed E-state index contributed by atoms with van der Waals surface area (Å²) in [5, 5.41) is 12.8. The minimum absolute atomic E-state index is 0.138. The van der Waals surface area contributed by atoms with Crippen LogP contribution >= 0.6 is 11.3 Å². The number of carbonyl (C=O) groups is 1. The van der Waals surface area contributed by atoms with Crippen molar-refractivity contribution < 1.29 is 9.90 Å². The maximum Gasteiger partial charge on any atom is 0.252 e. The summed E-state index contributed by atoms with van der Waals surface area (Å²) < 4.78 is 0. The van der Waals surface area contributed by atoms with Crippen LogP contribution in [0.3, 0.4) is 0 Å². The zero-order valence-electron chi connectivity index (χ0n) is 10.9. The third-order valence-corrected chi connectivity index (χ3v) is 3.80. The van der Waals surface area contributed by atoms with Crippen molar-refractivity contribution in [3.05, 3.63) is 16.6 Å². The van der Waals surface area contributed by atoms with E-state index in [-0.39, 0.29) is 5.91 Å². The minimum atomic E-state index is -0.870. The molecule has 0 unspecified atom stereocenters. The predicted molar refractivity (Wildman–Crippen MR) is 71.1 cm³/mol. The molecule has 100 valence electrons. The van der Waals surface area contributed by atoms with Gasteiger partial charge in [0.05, 0.1) is 6.54 Å². The number of rotatable bonds is 6. The van der Waals surface area contributed by atoms with Crippen LogP contribution in [0.4, 0.5) is 0 Å². The van der Waals surface area contributed by atoms with Gasteiger partial charge in [-0.15, -0.1) is 11.3 Å². The smallest absolute Gasteiger partial charge is 0.252 e. The van der Waals surface area contributed by atoms with E-state index < -0.39 is 6.10 Å². The van der Waals surface area contributed by atoms with Gasteiger partial charge in [-0.25, -0.2) is 4.98 Å². The first-order valence-electron chi connectivity index (χ1n) is 6.45. The van der Waals surface area contributed by atoms with Gasteiger partial charge < -0.3 is 10.0 Å². The van der Waals surface area contributed by atoms with Crippen LogP contribution in [0.15, 0.2) is 11.6 Å². The highest BCUT2D eigenvalue weighted by molar-refractivity contribution is 7.09. The van der Waals surface area contributed by atoms with E-state index in [1.165, 1.54) is 0 Å². The number of hydrogen-bond acceptors (Lipinski definition) is 4. The molecule has 1 atom stereocenters. The van der Waals surface area contributed by atoms with E-state index in [1.54, 1.807) is 22.4 Å². The van der Waals surface area contributed by atoms with Gasteiger partial charge in [-0.2, -0.15) is 0 Å². The molecule has 5 heteroatoms. The quantitative estimate of drug-likeness (QED) is 0.859. The van der Waals surface area contributed by atoms with Crippen LogP contribution < -0.4 is 0 Å². The fourth-order valence-electron chi connectivity index (χ4n) is 1.99. The topological polar surface area (TPSA) is 53.4 Å².